The molecular weight excluding hydrogens is 1410 g/mol. The number of nitrogens with zero attached hydrogens (tertiary/aromatic N) is 6. The summed E-state index contributed by atoms with van der Waals surface area (Å²) in [7, 11) is 3.93. The van der Waals surface area contributed by atoms with Crippen LogP contribution in [0.2, 0.25) is 0 Å². The van der Waals surface area contributed by atoms with E-state index < -0.39 is 59.6 Å². The Bertz CT molecular complexity index is 3090. The van der Waals surface area contributed by atoms with Gasteiger partial charge in [0.1, 0.15) is 74.9 Å². The zero-order chi connectivity index (χ0) is 60.5. The number of ether oxygens (including phenoxy) is 4. The number of imidazole rings is 2. The van der Waals surface area contributed by atoms with Gasteiger partial charge in [-0.25, -0.2) is 33.3 Å². The summed E-state index contributed by atoms with van der Waals surface area (Å²) < 4.78 is 31.9. The van der Waals surface area contributed by atoms with E-state index >= 15 is 0 Å². The monoisotopic (exact) mass is 1480 g/mol. The van der Waals surface area contributed by atoms with Gasteiger partial charge in [-0.05, 0) is 87.0 Å². The molecule has 23 heteroatoms. The Hall–Kier alpha value is -6.17. The van der Waals surface area contributed by atoms with Crippen molar-refractivity contribution in [3.05, 3.63) is 165 Å². The Kier molecular flexibility index (Phi) is 25.2. The summed E-state index contributed by atoms with van der Waals surface area (Å²) in [6, 6.07) is 11.3. The third-order valence-corrected chi connectivity index (χ3v) is 16.6. The molecule has 4 aliphatic heterocycles. The van der Waals surface area contributed by atoms with Gasteiger partial charge in [-0.1, -0.05) is 99.9 Å². The van der Waals surface area contributed by atoms with Crippen LogP contribution in [0.5, 0.6) is 11.5 Å². The van der Waals surface area contributed by atoms with Crippen LogP contribution in [0, 0.1) is 42.6 Å². The fourth-order valence-corrected chi connectivity index (χ4v) is 12.2. The smallest absolute Gasteiger partial charge is 0.355 e. The molecule has 20 nitrogen and oxygen atoms in total. The number of aryl methyl sites for hydroxylation is 5. The lowest BCUT2D eigenvalue weighted by atomic mass is 9.74. The van der Waals surface area contributed by atoms with E-state index in [2.05, 4.69) is 116 Å². The van der Waals surface area contributed by atoms with Gasteiger partial charge in [0.2, 0.25) is 18.1 Å². The van der Waals surface area contributed by atoms with Gasteiger partial charge in [-0.15, -0.1) is 13.2 Å². The van der Waals surface area contributed by atoms with E-state index in [0.717, 1.165) is 31.0 Å². The molecule has 2 fully saturated rings. The Balaban J connectivity index is 0.000000243. The number of fused-ring (bicyclic) bond motifs is 2. The zero-order valence-electron chi connectivity index (χ0n) is 47.3. The van der Waals surface area contributed by atoms with Crippen molar-refractivity contribution in [3.63, 3.8) is 0 Å². The first-order valence-corrected chi connectivity index (χ1v) is 30.4. The largest absolute Gasteiger partial charge is 0.488 e. The minimum absolute atomic E-state index is 0.00494. The maximum Gasteiger partial charge on any atom is 0.355 e. The number of alkyl halides is 1. The van der Waals surface area contributed by atoms with Crippen LogP contribution in [0.3, 0.4) is 0 Å². The third-order valence-electron chi connectivity index (χ3n) is 14.4. The van der Waals surface area contributed by atoms with Gasteiger partial charge < -0.3 is 33.3 Å². The summed E-state index contributed by atoms with van der Waals surface area (Å²) in [4.78, 5) is 103. The van der Waals surface area contributed by atoms with Crippen LogP contribution in [-0.2, 0) is 91.3 Å². The molecule has 444 valence electrons. The van der Waals surface area contributed by atoms with Crippen molar-refractivity contribution in [2.45, 2.75) is 59.2 Å². The fourth-order valence-electron chi connectivity index (χ4n) is 10.1. The predicted molar refractivity (Wildman–Crippen MR) is 330 cm³/mol. The molecule has 0 bridgehead atoms. The first-order valence-electron chi connectivity index (χ1n) is 26.7. The second-order valence-electron chi connectivity index (χ2n) is 19.9. The van der Waals surface area contributed by atoms with Crippen molar-refractivity contribution >= 4 is 103 Å². The molecule has 2 aromatic carbocycles. The summed E-state index contributed by atoms with van der Waals surface area (Å²) in [5, 5.41) is 0. The maximum atomic E-state index is 13.3. The molecule has 0 radical (unpaired) electrons. The van der Waals surface area contributed by atoms with Gasteiger partial charge in [0.15, 0.2) is 0 Å². The highest BCUT2D eigenvalue weighted by molar-refractivity contribution is 14.1. The topological polar surface area (TPSA) is 209 Å². The summed E-state index contributed by atoms with van der Waals surface area (Å²) in [6.07, 6.45) is 19.1. The molecule has 2 saturated heterocycles. The van der Waals surface area contributed by atoms with Crippen LogP contribution in [0.15, 0.2) is 147 Å². The molecule has 6 unspecified atom stereocenters. The number of halogens is 3. The van der Waals surface area contributed by atoms with Crippen LogP contribution in [0.1, 0.15) is 38.8 Å². The third kappa shape index (κ3) is 16.2. The molecule has 0 aliphatic carbocycles. The predicted octanol–water partition coefficient (Wildman–Crippen LogP) is 8.12. The molecule has 2 aromatic heterocycles. The van der Waals surface area contributed by atoms with Gasteiger partial charge in [-0.3, -0.25) is 19.4 Å². The fraction of sp³-hybridized carbons (Fsp3) is 0.400. The minimum Gasteiger partial charge on any atom is -0.488 e. The Morgan fingerprint density at radius 1 is 0.699 bits per heavy atom. The lowest BCUT2D eigenvalue weighted by Gasteiger charge is -2.47. The number of amides is 2. The first-order chi connectivity index (χ1) is 39.8. The van der Waals surface area contributed by atoms with Gasteiger partial charge in [-0.2, -0.15) is 9.78 Å². The first kappa shape index (κ1) is 66.0. The van der Waals surface area contributed by atoms with Crippen LogP contribution >= 0.6 is 67.8 Å². The molecule has 83 heavy (non-hydrogen) atoms. The van der Waals surface area contributed by atoms with Gasteiger partial charge in [0, 0.05) is 53.3 Å². The average molecular weight is 1480 g/mol. The molecule has 4 aromatic rings. The van der Waals surface area contributed by atoms with Crippen LogP contribution in [0.25, 0.3) is 0 Å². The lowest BCUT2D eigenvalue weighted by Crippen LogP contribution is -2.63. The maximum absolute atomic E-state index is 13.3. The number of hydrogen-bond donors (Lipinski definition) is 0. The molecule has 8 atom stereocenters. The molecule has 8 rings (SSSR count). The number of carbonyl (C=O) groups excluding carboxylic acids is 6. The van der Waals surface area contributed by atoms with Crippen molar-refractivity contribution in [1.29, 1.82) is 0 Å². The number of rotatable bonds is 27. The summed E-state index contributed by atoms with van der Waals surface area (Å²) >= 11 is 6.81. The number of benzene rings is 2. The minimum atomic E-state index is -0.774. The molecular formula is C60H70I3N6O14+. The summed E-state index contributed by atoms with van der Waals surface area (Å²) in [5.41, 5.74) is 4.04. The van der Waals surface area contributed by atoms with Crippen LogP contribution in [-0.4, -0.2) is 116 Å². The Morgan fingerprint density at radius 3 is 1.52 bits per heavy atom. The van der Waals surface area contributed by atoms with Gasteiger partial charge in [0.25, 0.3) is 0 Å². The van der Waals surface area contributed by atoms with Crippen molar-refractivity contribution in [2.75, 3.05) is 44.1 Å². The quantitative estimate of drug-likeness (QED) is 0.00635. The van der Waals surface area contributed by atoms with Crippen LogP contribution in [0.4, 0.5) is 0 Å². The van der Waals surface area contributed by atoms with E-state index in [1.807, 2.05) is 86.3 Å². The molecule has 0 saturated carbocycles. The number of β-lactam (4-membered cyclic amide) rings is 2. The van der Waals surface area contributed by atoms with Crippen molar-refractivity contribution in [2.24, 2.45) is 49.6 Å². The Morgan fingerprint density at radius 2 is 1.16 bits per heavy atom. The Labute approximate surface area is 524 Å². The number of carbonyl (C=O) groups is 6. The van der Waals surface area contributed by atoms with Crippen molar-refractivity contribution < 1.29 is 71.8 Å². The lowest BCUT2D eigenvalue weighted by molar-refractivity contribution is -0.671. The molecule has 2 amide bonds. The standard InChI is InChI=1S/C30H35IN3O7.C26H29I2NO7.C4H6N2/c1-6-14-38-30(37)27-22(19(3)26-25(28(35)34(26)27)20(4)29(36)41-40-15-7-2)17-39-24-9-8-21(16-23(24)31)10-11-33-13-12-32(5)18-33;1-5-11-33-26(32)23-18(14-34-20-8-7-17(9-10-27)13-19(20)28)15(3)22-21(24(30)29(22)23)16(4)25(31)36-35-12-6-2;1-6-3-2-5-4-6/h6-9,12-13,16,18-20,25-26H,1-2,10-11,14-15,17H2,3-5H3;5-8,13,15-16,21-22H,1-2,9-12,14H2,3-4H3;2-4H,1H3/q+1;;/t19-,20?,25?,26?;15-,16?,21?,22?;/m00./s1. The van der Waals surface area contributed by atoms with Crippen LogP contribution < -0.4 is 14.0 Å². The van der Waals surface area contributed by atoms with E-state index in [1.165, 1.54) is 45.2 Å². The highest BCUT2D eigenvalue weighted by atomic mass is 127. The highest BCUT2D eigenvalue weighted by Crippen LogP contribution is 2.51. The van der Waals surface area contributed by atoms with E-state index in [9.17, 15) is 28.8 Å². The van der Waals surface area contributed by atoms with Gasteiger partial charge >= 0.3 is 23.9 Å². The molecule has 6 heterocycles. The molecule has 0 spiro atoms. The second kappa shape index (κ2) is 31.6. The van der Waals surface area contributed by atoms with Crippen molar-refractivity contribution in [3.8, 4) is 11.5 Å². The number of aromatic nitrogens is 4. The highest BCUT2D eigenvalue weighted by Gasteiger charge is 2.63. The SMILES string of the molecule is C=CCOOC(=O)C(C)C1C(=O)N2C(C(=O)OCC=C)=C(COc3ccc(CCI)cc3I)[C@H](C)C12.C=CCOOC(=O)C(C)C1C(=O)N2C(C(=O)OCC=C)=C(COc3ccc(CCn4cc[n+](C)c4)cc3I)[C@H](C)C12.Cn1ccnc1. The van der Waals surface area contributed by atoms with E-state index in [1.54, 1.807) is 26.4 Å². The van der Waals surface area contributed by atoms with Gasteiger partial charge in [0.05, 0.1) is 62.8 Å². The molecule has 0 N–H and O–H groups in total. The average Bonchev–Trinajstić information content (AvgIpc) is 1.76. The normalized spacial score (nSPS) is 19.9. The van der Waals surface area contributed by atoms with Crippen molar-refractivity contribution in [1.82, 2.24) is 23.9 Å². The summed E-state index contributed by atoms with van der Waals surface area (Å²) in [5.74, 6) is -5.22. The second-order valence-corrected chi connectivity index (χ2v) is 23.3. The van der Waals surface area contributed by atoms with E-state index in [0.29, 0.717) is 22.6 Å². The zero-order valence-corrected chi connectivity index (χ0v) is 53.8. The summed E-state index contributed by atoms with van der Waals surface area (Å²) in [6.45, 7) is 22.4. The van der Waals surface area contributed by atoms with E-state index in [-0.39, 0.29) is 74.7 Å². The number of esters is 2. The number of hydrogen-bond acceptors (Lipinski definition) is 15. The van der Waals surface area contributed by atoms with E-state index in [4.69, 9.17) is 38.5 Å². The molecule has 4 aliphatic rings.